The monoisotopic (exact) mass is 311 g/mol. The van der Waals surface area contributed by atoms with Crippen molar-refractivity contribution in [3.8, 4) is 11.6 Å². The molecule has 1 N–H and O–H groups in total. The molecule has 0 saturated carbocycles. The van der Waals surface area contributed by atoms with Gasteiger partial charge in [0.15, 0.2) is 5.76 Å². The summed E-state index contributed by atoms with van der Waals surface area (Å²) in [6.07, 6.45) is 3.14. The average Bonchev–Trinajstić information content (AvgIpc) is 3.18. The molecule has 0 fully saturated rings. The minimum atomic E-state index is -0.0265. The molecule has 0 spiro atoms. The van der Waals surface area contributed by atoms with E-state index in [0.29, 0.717) is 36.7 Å². The third-order valence-corrected chi connectivity index (χ3v) is 3.31. The van der Waals surface area contributed by atoms with Crippen molar-refractivity contribution in [3.05, 3.63) is 54.1 Å². The highest BCUT2D eigenvalue weighted by Gasteiger charge is 2.11. The lowest BCUT2D eigenvalue weighted by molar-refractivity contribution is -0.116. The molecule has 23 heavy (non-hydrogen) atoms. The van der Waals surface area contributed by atoms with Gasteiger partial charge in [0.1, 0.15) is 0 Å². The maximum Gasteiger partial charge on any atom is 0.238 e. The summed E-state index contributed by atoms with van der Waals surface area (Å²) < 4.78 is 10.4. The molecule has 0 atom stereocenters. The molecule has 0 saturated heterocycles. The van der Waals surface area contributed by atoms with Crippen LogP contribution in [-0.2, 0) is 11.2 Å². The van der Waals surface area contributed by atoms with Crippen LogP contribution in [0.3, 0.4) is 0 Å². The molecule has 0 bridgehead atoms. The predicted molar refractivity (Wildman–Crippen MR) is 84.7 cm³/mol. The Morgan fingerprint density at radius 2 is 2.17 bits per heavy atom. The van der Waals surface area contributed by atoms with Crippen LogP contribution in [0.1, 0.15) is 24.3 Å². The Bertz CT molecular complexity index is 778. The van der Waals surface area contributed by atoms with Gasteiger partial charge in [0.25, 0.3) is 0 Å². The summed E-state index contributed by atoms with van der Waals surface area (Å²) in [5.74, 6) is 1.47. The summed E-state index contributed by atoms with van der Waals surface area (Å²) in [7, 11) is 0. The third-order valence-electron chi connectivity index (χ3n) is 3.31. The number of rotatable bonds is 6. The molecule has 3 aromatic rings. The van der Waals surface area contributed by atoms with E-state index in [1.807, 2.05) is 31.2 Å². The van der Waals surface area contributed by atoms with Gasteiger partial charge in [-0.3, -0.25) is 4.79 Å². The second-order valence-corrected chi connectivity index (χ2v) is 5.26. The second kappa shape index (κ2) is 6.91. The van der Waals surface area contributed by atoms with Crippen LogP contribution in [0.15, 0.2) is 51.6 Å². The lowest BCUT2D eigenvalue weighted by Gasteiger charge is -2.05. The molecular formula is C17H17N3O3. The van der Waals surface area contributed by atoms with Crippen LogP contribution in [0.2, 0.25) is 0 Å². The van der Waals surface area contributed by atoms with Crippen molar-refractivity contribution >= 4 is 11.6 Å². The molecule has 2 heterocycles. The lowest BCUT2D eigenvalue weighted by atomic mass is 10.2. The van der Waals surface area contributed by atoms with Crippen molar-refractivity contribution in [2.75, 3.05) is 5.32 Å². The first kappa shape index (κ1) is 15.0. The fourth-order valence-electron chi connectivity index (χ4n) is 2.21. The van der Waals surface area contributed by atoms with E-state index in [1.54, 1.807) is 18.4 Å². The number of hydrogen-bond acceptors (Lipinski definition) is 5. The molecule has 3 rings (SSSR count). The predicted octanol–water partition coefficient (Wildman–Crippen LogP) is 3.60. The quantitative estimate of drug-likeness (QED) is 0.752. The van der Waals surface area contributed by atoms with E-state index in [0.717, 1.165) is 11.3 Å². The van der Waals surface area contributed by atoms with Crippen LogP contribution < -0.4 is 5.32 Å². The van der Waals surface area contributed by atoms with E-state index in [9.17, 15) is 4.79 Å². The molecule has 1 amide bonds. The summed E-state index contributed by atoms with van der Waals surface area (Å²) in [6.45, 7) is 1.99. The van der Waals surface area contributed by atoms with Crippen molar-refractivity contribution in [1.82, 2.24) is 10.1 Å². The first-order valence-corrected chi connectivity index (χ1v) is 7.44. The Labute approximate surface area is 133 Å². The molecular weight excluding hydrogens is 294 g/mol. The third kappa shape index (κ3) is 4.06. The fourth-order valence-corrected chi connectivity index (χ4v) is 2.21. The molecule has 0 aliphatic heterocycles. The summed E-state index contributed by atoms with van der Waals surface area (Å²) in [6, 6.07) is 11.2. The normalized spacial score (nSPS) is 10.7. The lowest BCUT2D eigenvalue weighted by Crippen LogP contribution is -2.11. The number of benzene rings is 1. The highest BCUT2D eigenvalue weighted by atomic mass is 16.5. The van der Waals surface area contributed by atoms with Gasteiger partial charge < -0.3 is 14.3 Å². The molecule has 6 heteroatoms. The number of furan rings is 1. The fraction of sp³-hybridized carbons (Fsp3) is 0.235. The Hall–Kier alpha value is -2.89. The number of anilines is 1. The summed E-state index contributed by atoms with van der Waals surface area (Å²) >= 11 is 0. The minimum Gasteiger partial charge on any atom is -0.461 e. The van der Waals surface area contributed by atoms with Crippen LogP contribution in [-0.4, -0.2) is 16.0 Å². The Morgan fingerprint density at radius 3 is 2.96 bits per heavy atom. The van der Waals surface area contributed by atoms with Crippen molar-refractivity contribution < 1.29 is 13.7 Å². The molecule has 0 unspecified atom stereocenters. The number of carbonyl (C=O) groups excluding carboxylic acids is 1. The van der Waals surface area contributed by atoms with E-state index < -0.39 is 0 Å². The van der Waals surface area contributed by atoms with E-state index in [1.165, 1.54) is 0 Å². The maximum absolute atomic E-state index is 11.9. The van der Waals surface area contributed by atoms with Gasteiger partial charge in [-0.25, -0.2) is 0 Å². The number of carbonyl (C=O) groups is 1. The zero-order valence-corrected chi connectivity index (χ0v) is 12.8. The SMILES string of the molecule is Cc1cccc(NC(=O)CCCc2nc(-c3ccco3)no2)c1. The second-order valence-electron chi connectivity index (χ2n) is 5.26. The van der Waals surface area contributed by atoms with Crippen molar-refractivity contribution in [2.45, 2.75) is 26.2 Å². The zero-order chi connectivity index (χ0) is 16.1. The largest absolute Gasteiger partial charge is 0.461 e. The molecule has 2 aromatic heterocycles. The first-order valence-electron chi connectivity index (χ1n) is 7.44. The highest BCUT2D eigenvalue weighted by Crippen LogP contribution is 2.16. The summed E-state index contributed by atoms with van der Waals surface area (Å²) in [4.78, 5) is 16.2. The van der Waals surface area contributed by atoms with E-state index in [4.69, 9.17) is 8.94 Å². The van der Waals surface area contributed by atoms with Crippen LogP contribution >= 0.6 is 0 Å². The van der Waals surface area contributed by atoms with Crippen molar-refractivity contribution in [2.24, 2.45) is 0 Å². The Kier molecular flexibility index (Phi) is 4.52. The van der Waals surface area contributed by atoms with Crippen LogP contribution in [0.5, 0.6) is 0 Å². The zero-order valence-electron chi connectivity index (χ0n) is 12.8. The topological polar surface area (TPSA) is 81.2 Å². The Balaban J connectivity index is 1.47. The van der Waals surface area contributed by atoms with Crippen molar-refractivity contribution in [1.29, 1.82) is 0 Å². The molecule has 0 radical (unpaired) electrons. The summed E-state index contributed by atoms with van der Waals surface area (Å²) in [5.41, 5.74) is 1.92. The van der Waals surface area contributed by atoms with Gasteiger partial charge >= 0.3 is 0 Å². The van der Waals surface area contributed by atoms with Gasteiger partial charge in [0.2, 0.25) is 17.6 Å². The van der Waals surface area contributed by atoms with Gasteiger partial charge in [0, 0.05) is 18.5 Å². The van der Waals surface area contributed by atoms with Gasteiger partial charge in [-0.05, 0) is 43.2 Å². The van der Waals surface area contributed by atoms with E-state index in [-0.39, 0.29) is 5.91 Å². The molecule has 0 aliphatic carbocycles. The summed E-state index contributed by atoms with van der Waals surface area (Å²) in [5, 5.41) is 6.73. The number of aryl methyl sites for hydroxylation is 2. The first-order chi connectivity index (χ1) is 11.2. The minimum absolute atomic E-state index is 0.0265. The number of hydrogen-bond donors (Lipinski definition) is 1. The van der Waals surface area contributed by atoms with Gasteiger partial charge in [-0.1, -0.05) is 17.3 Å². The van der Waals surface area contributed by atoms with Gasteiger partial charge in [-0.15, -0.1) is 0 Å². The van der Waals surface area contributed by atoms with Gasteiger partial charge in [0.05, 0.1) is 6.26 Å². The average molecular weight is 311 g/mol. The highest BCUT2D eigenvalue weighted by molar-refractivity contribution is 5.90. The number of aromatic nitrogens is 2. The number of nitrogens with zero attached hydrogens (tertiary/aromatic N) is 2. The number of amides is 1. The molecule has 118 valence electrons. The Morgan fingerprint density at radius 1 is 1.26 bits per heavy atom. The smallest absolute Gasteiger partial charge is 0.238 e. The van der Waals surface area contributed by atoms with Crippen LogP contribution in [0, 0.1) is 6.92 Å². The van der Waals surface area contributed by atoms with E-state index in [2.05, 4.69) is 15.5 Å². The van der Waals surface area contributed by atoms with E-state index >= 15 is 0 Å². The van der Waals surface area contributed by atoms with Gasteiger partial charge in [-0.2, -0.15) is 4.98 Å². The standard InChI is InChI=1S/C17H17N3O3/c1-12-5-2-6-13(11-12)18-15(21)8-3-9-16-19-17(20-23-16)14-7-4-10-22-14/h2,4-7,10-11H,3,8-9H2,1H3,(H,18,21). The maximum atomic E-state index is 11.9. The molecule has 6 nitrogen and oxygen atoms in total. The molecule has 0 aliphatic rings. The van der Waals surface area contributed by atoms with Crippen LogP contribution in [0.25, 0.3) is 11.6 Å². The molecule has 1 aromatic carbocycles. The van der Waals surface area contributed by atoms with Crippen LogP contribution in [0.4, 0.5) is 5.69 Å². The van der Waals surface area contributed by atoms with Crippen molar-refractivity contribution in [3.63, 3.8) is 0 Å². The number of nitrogens with one attached hydrogen (secondary N) is 1.